The molecule has 1 aromatic carbocycles. The van der Waals surface area contributed by atoms with Gasteiger partial charge in [0.2, 0.25) is 0 Å². The average molecular weight is 276 g/mol. The highest BCUT2D eigenvalue weighted by Crippen LogP contribution is 2.33. The summed E-state index contributed by atoms with van der Waals surface area (Å²) in [4.78, 5) is 11.9. The molecule has 18 heavy (non-hydrogen) atoms. The van der Waals surface area contributed by atoms with Crippen LogP contribution >= 0.6 is 22.9 Å². The third-order valence-electron chi connectivity index (χ3n) is 2.89. The van der Waals surface area contributed by atoms with Crippen molar-refractivity contribution in [3.05, 3.63) is 57.3 Å². The lowest BCUT2D eigenvalue weighted by Gasteiger charge is -1.98. The van der Waals surface area contributed by atoms with Gasteiger partial charge in [-0.1, -0.05) is 23.7 Å². The van der Waals surface area contributed by atoms with Crippen molar-refractivity contribution in [2.45, 2.75) is 6.42 Å². The lowest BCUT2D eigenvalue weighted by molar-refractivity contribution is -0.110. The Kier molecular flexibility index (Phi) is 2.94. The molecule has 0 fully saturated rings. The molecule has 1 N–H and O–H groups in total. The van der Waals surface area contributed by atoms with Gasteiger partial charge >= 0.3 is 0 Å². The van der Waals surface area contributed by atoms with Crippen LogP contribution in [0.5, 0.6) is 0 Å². The van der Waals surface area contributed by atoms with E-state index < -0.39 is 0 Å². The highest BCUT2D eigenvalue weighted by Gasteiger charge is 2.23. The Morgan fingerprint density at radius 2 is 2.22 bits per heavy atom. The van der Waals surface area contributed by atoms with Gasteiger partial charge in [0.1, 0.15) is 0 Å². The quantitative estimate of drug-likeness (QED) is 0.825. The van der Waals surface area contributed by atoms with E-state index in [1.807, 2.05) is 17.5 Å². The molecule has 4 heteroatoms. The lowest BCUT2D eigenvalue weighted by atomic mass is 10.1. The predicted octanol–water partition coefficient (Wildman–Crippen LogP) is 3.98. The highest BCUT2D eigenvalue weighted by molar-refractivity contribution is 7.07. The van der Waals surface area contributed by atoms with Gasteiger partial charge < -0.3 is 5.32 Å². The van der Waals surface area contributed by atoms with E-state index in [4.69, 9.17) is 11.6 Å². The van der Waals surface area contributed by atoms with Crippen molar-refractivity contribution in [2.24, 2.45) is 0 Å². The molecule has 0 atom stereocenters. The molecule has 0 unspecified atom stereocenters. The Balaban J connectivity index is 1.94. The van der Waals surface area contributed by atoms with Crippen LogP contribution in [0.2, 0.25) is 5.02 Å². The van der Waals surface area contributed by atoms with Crippen LogP contribution in [-0.2, 0) is 11.2 Å². The molecule has 0 aliphatic carbocycles. The van der Waals surface area contributed by atoms with Crippen molar-refractivity contribution in [1.29, 1.82) is 0 Å². The molecule has 2 nitrogen and oxygen atoms in total. The second kappa shape index (κ2) is 4.59. The first-order valence-corrected chi connectivity index (χ1v) is 6.88. The average Bonchev–Trinajstić information content (AvgIpc) is 2.93. The molecule has 0 spiro atoms. The zero-order chi connectivity index (χ0) is 12.5. The molecule has 0 saturated carbocycles. The fourth-order valence-corrected chi connectivity index (χ4v) is 2.85. The van der Waals surface area contributed by atoms with Gasteiger partial charge in [-0.3, -0.25) is 4.79 Å². The lowest BCUT2D eigenvalue weighted by Crippen LogP contribution is -2.03. The van der Waals surface area contributed by atoms with E-state index in [1.165, 1.54) is 5.56 Å². The SMILES string of the molecule is O=C1Nc2cc(Cl)ccc2C1=CCc1ccsc1. The van der Waals surface area contributed by atoms with E-state index in [0.29, 0.717) is 5.02 Å². The number of nitrogens with one attached hydrogen (secondary N) is 1. The number of anilines is 1. The molecular weight excluding hydrogens is 266 g/mol. The fourth-order valence-electron chi connectivity index (χ4n) is 2.00. The van der Waals surface area contributed by atoms with E-state index >= 15 is 0 Å². The van der Waals surface area contributed by atoms with Gasteiger partial charge in [-0.15, -0.1) is 0 Å². The van der Waals surface area contributed by atoms with Crippen LogP contribution in [0.15, 0.2) is 41.1 Å². The van der Waals surface area contributed by atoms with Gasteiger partial charge in [-0.2, -0.15) is 11.3 Å². The Bertz CT molecular complexity index is 631. The second-order valence-electron chi connectivity index (χ2n) is 4.10. The monoisotopic (exact) mass is 275 g/mol. The minimum absolute atomic E-state index is 0.0532. The molecule has 2 aromatic rings. The van der Waals surface area contributed by atoms with Gasteiger partial charge in [0, 0.05) is 16.2 Å². The summed E-state index contributed by atoms with van der Waals surface area (Å²) in [5, 5.41) is 7.59. The van der Waals surface area contributed by atoms with Gasteiger partial charge in [0.15, 0.2) is 0 Å². The summed E-state index contributed by atoms with van der Waals surface area (Å²) >= 11 is 7.57. The minimum Gasteiger partial charge on any atom is -0.321 e. The first-order valence-electron chi connectivity index (χ1n) is 5.56. The summed E-state index contributed by atoms with van der Waals surface area (Å²) in [6.07, 6.45) is 2.74. The van der Waals surface area contributed by atoms with E-state index in [1.54, 1.807) is 23.5 Å². The Morgan fingerprint density at radius 1 is 1.33 bits per heavy atom. The Hall–Kier alpha value is -1.58. The molecule has 3 rings (SSSR count). The number of carbonyl (C=O) groups excluding carboxylic acids is 1. The van der Waals surface area contributed by atoms with Crippen molar-refractivity contribution in [3.8, 4) is 0 Å². The summed E-state index contributed by atoms with van der Waals surface area (Å²) < 4.78 is 0. The maximum absolute atomic E-state index is 11.9. The topological polar surface area (TPSA) is 29.1 Å². The van der Waals surface area contributed by atoms with Crippen LogP contribution < -0.4 is 5.32 Å². The summed E-state index contributed by atoms with van der Waals surface area (Å²) in [7, 11) is 0. The van der Waals surface area contributed by atoms with Gasteiger partial charge in [0.05, 0.1) is 5.69 Å². The zero-order valence-electron chi connectivity index (χ0n) is 9.44. The largest absolute Gasteiger partial charge is 0.321 e. The van der Waals surface area contributed by atoms with Crippen LogP contribution in [-0.4, -0.2) is 5.91 Å². The van der Waals surface area contributed by atoms with Gasteiger partial charge in [-0.25, -0.2) is 0 Å². The third-order valence-corrected chi connectivity index (χ3v) is 3.85. The van der Waals surface area contributed by atoms with Crippen LogP contribution in [0, 0.1) is 0 Å². The molecule has 1 amide bonds. The number of allylic oxidation sites excluding steroid dienone is 1. The smallest absolute Gasteiger partial charge is 0.256 e. The van der Waals surface area contributed by atoms with Crippen molar-refractivity contribution >= 4 is 40.1 Å². The number of hydrogen-bond acceptors (Lipinski definition) is 2. The molecule has 1 aliphatic heterocycles. The second-order valence-corrected chi connectivity index (χ2v) is 5.31. The predicted molar refractivity (Wildman–Crippen MR) is 76.1 cm³/mol. The summed E-state index contributed by atoms with van der Waals surface area (Å²) in [6, 6.07) is 7.53. The van der Waals surface area contributed by atoms with E-state index in [2.05, 4.69) is 16.8 Å². The Labute approximate surface area is 114 Å². The number of rotatable bonds is 2. The molecule has 1 aliphatic rings. The van der Waals surface area contributed by atoms with E-state index in [-0.39, 0.29) is 5.91 Å². The maximum atomic E-state index is 11.9. The normalized spacial score (nSPS) is 15.8. The number of carbonyl (C=O) groups is 1. The fraction of sp³-hybridized carbons (Fsp3) is 0.0714. The molecule has 90 valence electrons. The standard InChI is InChI=1S/C14H10ClNOS/c15-10-2-4-11-12(14(17)16-13(11)7-10)3-1-9-5-6-18-8-9/h2-8H,1H2,(H,16,17). The van der Waals surface area contributed by atoms with Gasteiger partial charge in [-0.05, 0) is 40.9 Å². The number of benzene rings is 1. The first-order chi connectivity index (χ1) is 8.74. The van der Waals surface area contributed by atoms with E-state index in [9.17, 15) is 4.79 Å². The molecule has 2 heterocycles. The minimum atomic E-state index is -0.0532. The number of fused-ring (bicyclic) bond motifs is 1. The van der Waals surface area contributed by atoms with Crippen LogP contribution in [0.3, 0.4) is 0 Å². The number of thiophene rings is 1. The summed E-state index contributed by atoms with van der Waals surface area (Å²) in [5.41, 5.74) is 3.68. The number of amides is 1. The molecule has 0 bridgehead atoms. The van der Waals surface area contributed by atoms with E-state index in [0.717, 1.165) is 23.2 Å². The number of halogens is 1. The van der Waals surface area contributed by atoms with Crippen molar-refractivity contribution in [3.63, 3.8) is 0 Å². The van der Waals surface area contributed by atoms with Crippen molar-refractivity contribution in [1.82, 2.24) is 0 Å². The molecule has 1 aromatic heterocycles. The van der Waals surface area contributed by atoms with Gasteiger partial charge in [0.25, 0.3) is 5.91 Å². The zero-order valence-corrected chi connectivity index (χ0v) is 11.0. The van der Waals surface area contributed by atoms with Crippen LogP contribution in [0.1, 0.15) is 11.1 Å². The number of hydrogen-bond donors (Lipinski definition) is 1. The molecular formula is C14H10ClNOS. The molecule has 0 saturated heterocycles. The Morgan fingerprint density at radius 3 is 3.00 bits per heavy atom. The maximum Gasteiger partial charge on any atom is 0.256 e. The van der Waals surface area contributed by atoms with Crippen LogP contribution in [0.4, 0.5) is 5.69 Å². The van der Waals surface area contributed by atoms with Crippen LogP contribution in [0.25, 0.3) is 5.57 Å². The first kappa shape index (κ1) is 11.5. The van der Waals surface area contributed by atoms with Crippen molar-refractivity contribution in [2.75, 3.05) is 5.32 Å². The van der Waals surface area contributed by atoms with Crippen molar-refractivity contribution < 1.29 is 4.79 Å². The molecule has 0 radical (unpaired) electrons. The summed E-state index contributed by atoms with van der Waals surface area (Å²) in [6.45, 7) is 0. The third kappa shape index (κ3) is 2.07. The summed E-state index contributed by atoms with van der Waals surface area (Å²) in [5.74, 6) is -0.0532. The highest BCUT2D eigenvalue weighted by atomic mass is 35.5.